The van der Waals surface area contributed by atoms with Gasteiger partial charge >= 0.3 is 0 Å². The van der Waals surface area contributed by atoms with Crippen molar-refractivity contribution in [3.8, 4) is 10.7 Å². The van der Waals surface area contributed by atoms with E-state index in [1.807, 2.05) is 36.2 Å². The standard InChI is InChI=1S/C17H16N2S2/c1-13-6-2-3-7-14(13)10-20-11-15-12-21-17(19-15)16-8-4-5-9-18-16/h2-9,12H,10-11H2,1H3. The molecule has 0 aliphatic carbocycles. The molecule has 3 aromatic rings. The van der Waals surface area contributed by atoms with Gasteiger partial charge in [0.25, 0.3) is 0 Å². The zero-order chi connectivity index (χ0) is 14.5. The van der Waals surface area contributed by atoms with Gasteiger partial charge in [-0.05, 0) is 30.2 Å². The van der Waals surface area contributed by atoms with Gasteiger partial charge in [-0.1, -0.05) is 30.3 Å². The predicted molar refractivity (Wildman–Crippen MR) is 91.5 cm³/mol. The van der Waals surface area contributed by atoms with Crippen molar-refractivity contribution in [3.63, 3.8) is 0 Å². The second kappa shape index (κ2) is 6.87. The third kappa shape index (κ3) is 3.71. The molecule has 0 bridgehead atoms. The van der Waals surface area contributed by atoms with Gasteiger partial charge in [-0.2, -0.15) is 11.8 Å². The Labute approximate surface area is 133 Å². The van der Waals surface area contributed by atoms with E-state index in [4.69, 9.17) is 0 Å². The zero-order valence-corrected chi connectivity index (χ0v) is 13.5. The fourth-order valence-electron chi connectivity index (χ4n) is 2.02. The van der Waals surface area contributed by atoms with Crippen molar-refractivity contribution >= 4 is 23.1 Å². The molecule has 0 unspecified atom stereocenters. The highest BCUT2D eigenvalue weighted by Crippen LogP contribution is 2.25. The summed E-state index contributed by atoms with van der Waals surface area (Å²) in [6.45, 7) is 2.16. The Balaban J connectivity index is 1.60. The minimum atomic E-state index is 0.942. The zero-order valence-electron chi connectivity index (χ0n) is 11.8. The monoisotopic (exact) mass is 312 g/mol. The summed E-state index contributed by atoms with van der Waals surface area (Å²) in [4.78, 5) is 9.01. The van der Waals surface area contributed by atoms with Crippen molar-refractivity contribution in [1.82, 2.24) is 9.97 Å². The van der Waals surface area contributed by atoms with Gasteiger partial charge in [-0.15, -0.1) is 11.3 Å². The maximum Gasteiger partial charge on any atom is 0.142 e. The smallest absolute Gasteiger partial charge is 0.142 e. The van der Waals surface area contributed by atoms with Crippen LogP contribution in [-0.4, -0.2) is 9.97 Å². The fourth-order valence-corrected chi connectivity index (χ4v) is 3.92. The summed E-state index contributed by atoms with van der Waals surface area (Å²) >= 11 is 3.57. The second-order valence-corrected chi connectivity index (χ2v) is 6.62. The van der Waals surface area contributed by atoms with Gasteiger partial charge in [0, 0.05) is 23.1 Å². The highest BCUT2D eigenvalue weighted by molar-refractivity contribution is 7.97. The Bertz CT molecular complexity index is 708. The van der Waals surface area contributed by atoms with Crippen LogP contribution < -0.4 is 0 Å². The van der Waals surface area contributed by atoms with Gasteiger partial charge in [0.05, 0.1) is 11.4 Å². The van der Waals surface area contributed by atoms with Gasteiger partial charge in [0.1, 0.15) is 5.01 Å². The molecule has 0 atom stereocenters. The minimum absolute atomic E-state index is 0.942. The maximum atomic E-state index is 4.67. The molecule has 21 heavy (non-hydrogen) atoms. The molecule has 0 aliphatic heterocycles. The molecule has 2 aromatic heterocycles. The molecular weight excluding hydrogens is 296 g/mol. The summed E-state index contributed by atoms with van der Waals surface area (Å²) in [6, 6.07) is 14.5. The summed E-state index contributed by atoms with van der Waals surface area (Å²) in [5.41, 5.74) is 4.86. The van der Waals surface area contributed by atoms with Crippen molar-refractivity contribution in [3.05, 3.63) is 70.9 Å². The Morgan fingerprint density at radius 1 is 1.05 bits per heavy atom. The number of aryl methyl sites for hydroxylation is 1. The van der Waals surface area contributed by atoms with E-state index < -0.39 is 0 Å². The van der Waals surface area contributed by atoms with Crippen LogP contribution in [0.1, 0.15) is 16.8 Å². The van der Waals surface area contributed by atoms with E-state index in [-0.39, 0.29) is 0 Å². The minimum Gasteiger partial charge on any atom is -0.254 e. The number of rotatable bonds is 5. The van der Waals surface area contributed by atoms with Crippen molar-refractivity contribution in [2.24, 2.45) is 0 Å². The average molecular weight is 312 g/mol. The first kappa shape index (κ1) is 14.3. The molecular formula is C17H16N2S2. The third-order valence-corrected chi connectivity index (χ3v) is 5.13. The highest BCUT2D eigenvalue weighted by Gasteiger charge is 2.06. The molecule has 0 saturated carbocycles. The van der Waals surface area contributed by atoms with Gasteiger partial charge in [0.2, 0.25) is 0 Å². The number of thiazole rings is 1. The molecule has 0 saturated heterocycles. The van der Waals surface area contributed by atoms with Crippen LogP contribution in [0, 0.1) is 6.92 Å². The summed E-state index contributed by atoms with van der Waals surface area (Å²) in [5.74, 6) is 1.97. The van der Waals surface area contributed by atoms with E-state index in [1.165, 1.54) is 11.1 Å². The van der Waals surface area contributed by atoms with E-state index in [0.717, 1.165) is 27.9 Å². The van der Waals surface area contributed by atoms with Gasteiger partial charge in [-0.25, -0.2) is 4.98 Å². The molecule has 106 valence electrons. The van der Waals surface area contributed by atoms with E-state index in [9.17, 15) is 0 Å². The Kier molecular flexibility index (Phi) is 4.68. The second-order valence-electron chi connectivity index (χ2n) is 4.78. The number of nitrogens with zero attached hydrogens (tertiary/aromatic N) is 2. The highest BCUT2D eigenvalue weighted by atomic mass is 32.2. The summed E-state index contributed by atoms with van der Waals surface area (Å²) in [6.07, 6.45) is 1.81. The number of benzene rings is 1. The van der Waals surface area contributed by atoms with Crippen molar-refractivity contribution < 1.29 is 0 Å². The van der Waals surface area contributed by atoms with E-state index in [1.54, 1.807) is 11.3 Å². The van der Waals surface area contributed by atoms with Crippen LogP contribution in [0.2, 0.25) is 0 Å². The van der Waals surface area contributed by atoms with Gasteiger partial charge in [0.15, 0.2) is 0 Å². The van der Waals surface area contributed by atoms with E-state index in [0.29, 0.717) is 0 Å². The summed E-state index contributed by atoms with van der Waals surface area (Å²) in [5, 5.41) is 3.14. The lowest BCUT2D eigenvalue weighted by atomic mass is 10.1. The Morgan fingerprint density at radius 3 is 2.71 bits per heavy atom. The van der Waals surface area contributed by atoms with Crippen LogP contribution in [0.3, 0.4) is 0 Å². The van der Waals surface area contributed by atoms with Crippen LogP contribution in [0.25, 0.3) is 10.7 Å². The van der Waals surface area contributed by atoms with Crippen LogP contribution >= 0.6 is 23.1 Å². The summed E-state index contributed by atoms with van der Waals surface area (Å²) in [7, 11) is 0. The summed E-state index contributed by atoms with van der Waals surface area (Å²) < 4.78 is 0. The van der Waals surface area contributed by atoms with Crippen LogP contribution in [-0.2, 0) is 11.5 Å². The van der Waals surface area contributed by atoms with E-state index >= 15 is 0 Å². The number of aromatic nitrogens is 2. The van der Waals surface area contributed by atoms with Crippen molar-refractivity contribution in [2.45, 2.75) is 18.4 Å². The number of pyridine rings is 1. The molecule has 0 N–H and O–H groups in total. The largest absolute Gasteiger partial charge is 0.254 e. The first-order chi connectivity index (χ1) is 10.3. The molecule has 1 aromatic carbocycles. The predicted octanol–water partition coefficient (Wildman–Crippen LogP) is 4.95. The lowest BCUT2D eigenvalue weighted by Gasteiger charge is -2.04. The lowest BCUT2D eigenvalue weighted by Crippen LogP contribution is -1.87. The van der Waals surface area contributed by atoms with Gasteiger partial charge < -0.3 is 0 Å². The first-order valence-corrected chi connectivity index (χ1v) is 8.84. The van der Waals surface area contributed by atoms with Gasteiger partial charge in [-0.3, -0.25) is 4.98 Å². The molecule has 0 spiro atoms. The molecule has 2 nitrogen and oxygen atoms in total. The molecule has 0 amide bonds. The maximum absolute atomic E-state index is 4.67. The van der Waals surface area contributed by atoms with Crippen LogP contribution in [0.4, 0.5) is 0 Å². The van der Waals surface area contributed by atoms with Crippen molar-refractivity contribution in [1.29, 1.82) is 0 Å². The topological polar surface area (TPSA) is 25.8 Å². The van der Waals surface area contributed by atoms with Crippen molar-refractivity contribution in [2.75, 3.05) is 0 Å². The number of hydrogen-bond donors (Lipinski definition) is 0. The third-order valence-electron chi connectivity index (χ3n) is 3.20. The van der Waals surface area contributed by atoms with Crippen LogP contribution in [0.5, 0.6) is 0 Å². The number of hydrogen-bond acceptors (Lipinski definition) is 4. The van der Waals surface area contributed by atoms with Crippen LogP contribution in [0.15, 0.2) is 54.0 Å². The van der Waals surface area contributed by atoms with E-state index in [2.05, 4.69) is 46.5 Å². The molecule has 4 heteroatoms. The molecule has 3 rings (SSSR count). The molecule has 0 fully saturated rings. The fraction of sp³-hybridized carbons (Fsp3) is 0.176. The SMILES string of the molecule is Cc1ccccc1CSCc1csc(-c2ccccn2)n1. The normalized spacial score (nSPS) is 10.7. The Hall–Kier alpha value is -1.65. The molecule has 0 radical (unpaired) electrons. The quantitative estimate of drug-likeness (QED) is 0.667. The average Bonchev–Trinajstić information content (AvgIpc) is 2.99. The molecule has 0 aliphatic rings. The first-order valence-electron chi connectivity index (χ1n) is 6.81. The number of thioether (sulfide) groups is 1. The molecule has 2 heterocycles. The Morgan fingerprint density at radius 2 is 1.90 bits per heavy atom. The lowest BCUT2D eigenvalue weighted by molar-refractivity contribution is 1.20.